The van der Waals surface area contributed by atoms with Crippen LogP contribution < -0.4 is 40.1 Å². The first-order chi connectivity index (χ1) is 41.7. The van der Waals surface area contributed by atoms with Gasteiger partial charge in [0.2, 0.25) is 17.8 Å². The highest BCUT2D eigenvalue weighted by molar-refractivity contribution is 5.99. The fourth-order valence-corrected chi connectivity index (χ4v) is 9.07. The monoisotopic (exact) mass is 1240 g/mol. The third-order valence-corrected chi connectivity index (χ3v) is 14.0. The van der Waals surface area contributed by atoms with Gasteiger partial charge in [-0.1, -0.05) is 45.0 Å². The lowest BCUT2D eigenvalue weighted by molar-refractivity contribution is -0.156. The predicted octanol–water partition coefficient (Wildman–Crippen LogP) is 11.5. The number of benzene rings is 2. The molecule has 4 aromatic rings. The maximum atomic E-state index is 13.6. The summed E-state index contributed by atoms with van der Waals surface area (Å²) in [4.78, 5) is 103. The molecule has 4 N–H and O–H groups in total. The maximum absolute atomic E-state index is 13.6. The first-order valence-corrected chi connectivity index (χ1v) is 31.4. The normalized spacial score (nSPS) is 13.9. The number of hydrogen-bond donors (Lipinski definition) is 4. The van der Waals surface area contributed by atoms with E-state index in [1.165, 1.54) is 0 Å². The molecule has 6 rings (SSSR count). The number of anilines is 6. The number of hydrogen-bond acceptors (Lipinski definition) is 19. The van der Waals surface area contributed by atoms with E-state index in [-0.39, 0.29) is 30.5 Å². The van der Waals surface area contributed by atoms with E-state index >= 15 is 0 Å². The Balaban J connectivity index is 0.000000346. The summed E-state index contributed by atoms with van der Waals surface area (Å²) in [5.41, 5.74) is 0.317. The molecule has 89 heavy (non-hydrogen) atoms. The molecule has 0 spiro atoms. The van der Waals surface area contributed by atoms with Crippen LogP contribution in [0.15, 0.2) is 60.9 Å². The fraction of sp³-hybridized carbons (Fsp3) is 0.606. The lowest BCUT2D eigenvalue weighted by Gasteiger charge is -2.31. The van der Waals surface area contributed by atoms with Crippen LogP contribution in [0.4, 0.5) is 44.5 Å². The zero-order valence-electron chi connectivity index (χ0n) is 56.3. The Morgan fingerprint density at radius 2 is 0.910 bits per heavy atom. The van der Waals surface area contributed by atoms with Crippen LogP contribution in [0, 0.1) is 10.8 Å². The van der Waals surface area contributed by atoms with Crippen LogP contribution in [0.5, 0.6) is 11.5 Å². The highest BCUT2D eigenvalue weighted by Crippen LogP contribution is 2.32. The third kappa shape index (κ3) is 23.8. The largest absolute Gasteiger partial charge is 0.481 e. The Kier molecular flexibility index (Phi) is 27.7. The van der Waals surface area contributed by atoms with Crippen LogP contribution in [0.2, 0.25) is 0 Å². The second kappa shape index (κ2) is 33.6. The molecule has 2 fully saturated rings. The van der Waals surface area contributed by atoms with Crippen molar-refractivity contribution >= 4 is 70.9 Å². The number of carboxylic acid groups (broad SMARTS) is 1. The first-order valence-electron chi connectivity index (χ1n) is 31.4. The van der Waals surface area contributed by atoms with Crippen molar-refractivity contribution in [1.82, 2.24) is 29.7 Å². The molecule has 23 nitrogen and oxygen atoms in total. The Hall–Kier alpha value is -7.98. The fourth-order valence-electron chi connectivity index (χ4n) is 9.07. The summed E-state index contributed by atoms with van der Waals surface area (Å²) in [6.07, 6.45) is 7.30. The quantitative estimate of drug-likeness (QED) is 0.0533. The van der Waals surface area contributed by atoms with Gasteiger partial charge in [0.05, 0.1) is 23.5 Å². The van der Waals surface area contributed by atoms with Crippen molar-refractivity contribution in [2.24, 2.45) is 10.8 Å². The Morgan fingerprint density at radius 3 is 1.25 bits per heavy atom. The lowest BCUT2D eigenvalue weighted by Crippen LogP contribution is -2.42. The minimum atomic E-state index is -0.839. The maximum Gasteiger partial charge on any atom is 0.415 e. The van der Waals surface area contributed by atoms with Gasteiger partial charge in [-0.25, -0.2) is 29.1 Å². The van der Waals surface area contributed by atoms with E-state index in [0.29, 0.717) is 92.1 Å². The molecular weight excluding hydrogens is 1140 g/mol. The van der Waals surface area contributed by atoms with Crippen LogP contribution in [-0.4, -0.2) is 160 Å². The van der Waals surface area contributed by atoms with Crippen LogP contribution >= 0.6 is 0 Å². The SMILES string of the molecule is CC(C)(C)C(=O)O.CCN(CC)c1ncc(N(CC)C(=O)C(C)(C)C)c(N[C@@H](Cc2ccc(OC(=O)N3CCCC3)cc2)C(=O)OC(C)(C)C)n1.CCNc1cnc(N(CC)CC)nc1N[C@@H](Cc1ccc(OC(=O)N2CCCC2)cc1)C(=O)OC(C)(C)C. The molecule has 0 aliphatic carbocycles. The molecule has 3 amide bonds. The predicted molar refractivity (Wildman–Crippen MR) is 350 cm³/mol. The number of amides is 3. The van der Waals surface area contributed by atoms with Crippen molar-refractivity contribution < 1.29 is 52.8 Å². The summed E-state index contributed by atoms with van der Waals surface area (Å²) in [6, 6.07) is 12.8. The Labute approximate surface area is 528 Å². The summed E-state index contributed by atoms with van der Waals surface area (Å²) >= 11 is 0. The molecule has 0 bridgehead atoms. The van der Waals surface area contributed by atoms with Gasteiger partial charge in [-0.05, 0) is 165 Å². The molecule has 2 aromatic carbocycles. The molecule has 2 aromatic heterocycles. The van der Waals surface area contributed by atoms with Crippen molar-refractivity contribution in [2.45, 2.75) is 186 Å². The van der Waals surface area contributed by atoms with Gasteiger partial charge in [0.25, 0.3) is 0 Å². The molecule has 2 aliphatic rings. The van der Waals surface area contributed by atoms with Crippen LogP contribution in [-0.2, 0) is 41.5 Å². The molecule has 0 saturated carbocycles. The van der Waals surface area contributed by atoms with E-state index in [2.05, 4.69) is 25.9 Å². The molecule has 0 radical (unpaired) electrons. The van der Waals surface area contributed by atoms with E-state index in [9.17, 15) is 28.8 Å². The van der Waals surface area contributed by atoms with Crippen LogP contribution in [0.25, 0.3) is 0 Å². The number of nitrogens with zero attached hydrogens (tertiary/aromatic N) is 9. The van der Waals surface area contributed by atoms with Crippen molar-refractivity contribution in [3.63, 3.8) is 0 Å². The van der Waals surface area contributed by atoms with Gasteiger partial charge in [-0.2, -0.15) is 9.97 Å². The van der Waals surface area contributed by atoms with Gasteiger partial charge in [-0.3, -0.25) is 9.59 Å². The summed E-state index contributed by atoms with van der Waals surface area (Å²) in [5, 5.41) is 18.2. The summed E-state index contributed by atoms with van der Waals surface area (Å²) in [6.45, 7) is 40.5. The van der Waals surface area contributed by atoms with Crippen molar-refractivity contribution in [2.75, 3.05) is 96.1 Å². The number of likely N-dealkylation sites (tertiary alicyclic amines) is 2. The topological polar surface area (TPSA) is 263 Å². The third-order valence-electron chi connectivity index (χ3n) is 14.0. The number of carboxylic acids is 1. The zero-order chi connectivity index (χ0) is 66.4. The second-order valence-corrected chi connectivity index (χ2v) is 25.8. The first kappa shape index (κ1) is 73.5. The van der Waals surface area contributed by atoms with Gasteiger partial charge >= 0.3 is 30.1 Å². The van der Waals surface area contributed by atoms with Gasteiger partial charge in [0.1, 0.15) is 40.5 Å². The number of rotatable bonds is 22. The van der Waals surface area contributed by atoms with Crippen LogP contribution in [0.3, 0.4) is 0 Å². The number of aromatic nitrogens is 4. The summed E-state index contributed by atoms with van der Waals surface area (Å²) in [5.74, 6) is 1.22. The zero-order valence-corrected chi connectivity index (χ0v) is 56.3. The van der Waals surface area contributed by atoms with Crippen molar-refractivity contribution in [3.05, 3.63) is 72.1 Å². The number of carbonyl (C=O) groups is 6. The standard InChI is InChI=1S/C33H50N6O5.C28H42N6O4.C5H10O2/c1-10-37(11-2)30-34-22-26(39(12-3)29(41)32(4,5)6)27(36-30)35-25(28(40)44-33(7,8)9)21-23-15-17-24(18-16-23)43-31(42)38-19-13-14-20-38;1-7-29-23-19-30-26(33(8-2)9-3)32-24(23)31-22(25(35)38-28(4,5)6)18-20-12-14-21(15-13-20)37-27(36)34-16-10-11-17-34;1-5(2,3)4(6)7/h15-18,22,25H,10-14,19-21H2,1-9H3,(H,34,35,36);12-15,19,22,29H,7-11,16-18H2,1-6H3,(H,30,31,32);1-3H3,(H,6,7)/t25-;22-;/m00./s1. The molecule has 0 unspecified atom stereocenters. The summed E-state index contributed by atoms with van der Waals surface area (Å²) in [7, 11) is 0. The van der Waals surface area contributed by atoms with Crippen molar-refractivity contribution in [3.8, 4) is 11.5 Å². The van der Waals surface area contributed by atoms with Crippen LogP contribution in [0.1, 0.15) is 161 Å². The van der Waals surface area contributed by atoms with Gasteiger partial charge in [0.15, 0.2) is 11.6 Å². The number of esters is 2. The van der Waals surface area contributed by atoms with Crippen molar-refractivity contribution in [1.29, 1.82) is 0 Å². The van der Waals surface area contributed by atoms with E-state index < -0.39 is 46.1 Å². The average molecular weight is 1240 g/mol. The number of ether oxygens (including phenoxy) is 4. The second-order valence-electron chi connectivity index (χ2n) is 25.8. The Bertz CT molecular complexity index is 2910. The lowest BCUT2D eigenvalue weighted by atomic mass is 9.94. The number of aliphatic carboxylic acids is 1. The van der Waals surface area contributed by atoms with Gasteiger partial charge in [0, 0.05) is 83.7 Å². The number of carbonyl (C=O) groups excluding carboxylic acids is 5. The molecule has 4 heterocycles. The minimum Gasteiger partial charge on any atom is -0.481 e. The average Bonchev–Trinajstić information content (AvgIpc) is 1.64. The van der Waals surface area contributed by atoms with Gasteiger partial charge < -0.3 is 64.5 Å². The van der Waals surface area contributed by atoms with Gasteiger partial charge in [-0.15, -0.1) is 0 Å². The van der Waals surface area contributed by atoms with E-state index in [0.717, 1.165) is 63.0 Å². The smallest absolute Gasteiger partial charge is 0.415 e. The number of nitrogens with one attached hydrogen (secondary N) is 3. The molecule has 23 heteroatoms. The molecular formula is C66H102N12O11. The molecule has 2 atom stereocenters. The van der Waals surface area contributed by atoms with E-state index in [4.69, 9.17) is 34.0 Å². The highest BCUT2D eigenvalue weighted by Gasteiger charge is 2.34. The molecule has 492 valence electrons. The summed E-state index contributed by atoms with van der Waals surface area (Å²) < 4.78 is 22.6. The van der Waals surface area contributed by atoms with E-state index in [1.54, 1.807) is 72.1 Å². The minimum absolute atomic E-state index is 0.0878. The molecule has 2 saturated heterocycles. The highest BCUT2D eigenvalue weighted by atomic mass is 16.6. The Morgan fingerprint density at radius 1 is 0.539 bits per heavy atom. The van der Waals surface area contributed by atoms with E-state index in [1.807, 2.05) is 138 Å². The molecule has 2 aliphatic heterocycles.